The molecule has 0 aliphatic rings. The molecule has 0 unspecified atom stereocenters. The summed E-state index contributed by atoms with van der Waals surface area (Å²) in [5.74, 6) is 0.00326. The van der Waals surface area contributed by atoms with Crippen molar-refractivity contribution in [1.29, 1.82) is 0 Å². The van der Waals surface area contributed by atoms with Gasteiger partial charge in [0.2, 0.25) is 5.91 Å². The third kappa shape index (κ3) is 5.38. The van der Waals surface area contributed by atoms with Gasteiger partial charge in [0.25, 0.3) is 0 Å². The van der Waals surface area contributed by atoms with Crippen LogP contribution in [0.25, 0.3) is 0 Å². The summed E-state index contributed by atoms with van der Waals surface area (Å²) in [5, 5.41) is 6.71. The average Bonchev–Trinajstić information content (AvgIpc) is 2.30. The molecule has 2 N–H and O–H groups in total. The molecule has 1 aromatic rings. The highest BCUT2D eigenvalue weighted by molar-refractivity contribution is 9.10. The molecule has 0 aliphatic carbocycles. The lowest BCUT2D eigenvalue weighted by molar-refractivity contribution is -0.116. The van der Waals surface area contributed by atoms with E-state index in [2.05, 4.69) is 40.4 Å². The van der Waals surface area contributed by atoms with Crippen LogP contribution in [0.1, 0.15) is 26.7 Å². The van der Waals surface area contributed by atoms with Crippen LogP contribution in [-0.4, -0.2) is 18.5 Å². The predicted octanol–water partition coefficient (Wildman–Crippen LogP) is 3.82. The molecule has 0 spiro atoms. The summed E-state index contributed by atoms with van der Waals surface area (Å²) in [6, 6.07) is 5.85. The number of benzene rings is 1. The van der Waals surface area contributed by atoms with E-state index >= 15 is 0 Å². The van der Waals surface area contributed by atoms with Gasteiger partial charge in [-0.2, -0.15) is 0 Å². The van der Waals surface area contributed by atoms with Crippen LogP contribution in [0.5, 0.6) is 0 Å². The van der Waals surface area contributed by atoms with Crippen molar-refractivity contribution in [2.45, 2.75) is 32.7 Å². The molecule has 1 rings (SSSR count). The summed E-state index contributed by atoms with van der Waals surface area (Å²) in [5.41, 5.74) is 0.712. The first kappa shape index (κ1) is 15.5. The lowest BCUT2D eigenvalue weighted by atomic mass is 10.2. The first-order chi connectivity index (χ1) is 8.50. The fourth-order valence-electron chi connectivity index (χ4n) is 1.45. The topological polar surface area (TPSA) is 41.1 Å². The molecular formula is C13H18BrClN2O. The van der Waals surface area contributed by atoms with Gasteiger partial charge in [-0.25, -0.2) is 0 Å². The van der Waals surface area contributed by atoms with Crippen molar-refractivity contribution in [3.63, 3.8) is 0 Å². The zero-order valence-corrected chi connectivity index (χ0v) is 12.9. The van der Waals surface area contributed by atoms with Crippen LogP contribution in [0.4, 0.5) is 5.69 Å². The lowest BCUT2D eigenvalue weighted by Gasteiger charge is -2.09. The number of anilines is 1. The molecule has 0 aromatic heterocycles. The van der Waals surface area contributed by atoms with Crippen LogP contribution in [0.2, 0.25) is 5.02 Å². The number of carbonyl (C=O) groups is 1. The number of nitrogens with one attached hydrogen (secondary N) is 2. The Morgan fingerprint density at radius 3 is 2.83 bits per heavy atom. The normalized spacial score (nSPS) is 10.7. The van der Waals surface area contributed by atoms with Gasteiger partial charge in [0.1, 0.15) is 0 Å². The molecule has 3 nitrogen and oxygen atoms in total. The molecule has 0 saturated carbocycles. The highest BCUT2D eigenvalue weighted by Crippen LogP contribution is 2.30. The maximum Gasteiger partial charge on any atom is 0.224 e. The second kappa shape index (κ2) is 7.77. The van der Waals surface area contributed by atoms with E-state index in [0.29, 0.717) is 23.2 Å². The minimum atomic E-state index is 0.00326. The Morgan fingerprint density at radius 2 is 2.17 bits per heavy atom. The van der Waals surface area contributed by atoms with Crippen LogP contribution in [0.3, 0.4) is 0 Å². The first-order valence-electron chi connectivity index (χ1n) is 5.98. The standard InChI is InChI=1S/C13H18BrClN2O/c1-9(2)16-8-4-7-12(18)17-11-6-3-5-10(15)13(11)14/h3,5-6,9,16H,4,7-8H2,1-2H3,(H,17,18). The fraction of sp³-hybridized carbons (Fsp3) is 0.462. The highest BCUT2D eigenvalue weighted by Gasteiger charge is 2.07. The third-order valence-corrected chi connectivity index (χ3v) is 3.76. The van der Waals surface area contributed by atoms with Crippen LogP contribution in [0.15, 0.2) is 22.7 Å². The zero-order chi connectivity index (χ0) is 13.5. The van der Waals surface area contributed by atoms with E-state index in [-0.39, 0.29) is 5.91 Å². The molecular weight excluding hydrogens is 316 g/mol. The number of hydrogen-bond acceptors (Lipinski definition) is 2. The Hall–Kier alpha value is -0.580. The SMILES string of the molecule is CC(C)NCCCC(=O)Nc1cccc(Cl)c1Br. The van der Waals surface area contributed by atoms with Crippen LogP contribution in [0, 0.1) is 0 Å². The molecule has 0 atom stereocenters. The van der Waals surface area contributed by atoms with Crippen molar-refractivity contribution in [3.05, 3.63) is 27.7 Å². The van der Waals surface area contributed by atoms with Crippen molar-refractivity contribution in [3.8, 4) is 0 Å². The molecule has 0 aliphatic heterocycles. The first-order valence-corrected chi connectivity index (χ1v) is 7.15. The molecule has 1 amide bonds. The predicted molar refractivity (Wildman–Crippen MR) is 80.2 cm³/mol. The Labute approximate surface area is 121 Å². The number of hydrogen-bond donors (Lipinski definition) is 2. The number of amides is 1. The van der Waals surface area contributed by atoms with Gasteiger partial charge in [0.15, 0.2) is 0 Å². The van der Waals surface area contributed by atoms with Crippen molar-refractivity contribution < 1.29 is 4.79 Å². The maximum atomic E-state index is 11.7. The highest BCUT2D eigenvalue weighted by atomic mass is 79.9. The molecule has 0 heterocycles. The van der Waals surface area contributed by atoms with Crippen molar-refractivity contribution in [2.75, 3.05) is 11.9 Å². The second-order valence-corrected chi connectivity index (χ2v) is 5.56. The molecule has 100 valence electrons. The van der Waals surface area contributed by atoms with E-state index in [1.165, 1.54) is 0 Å². The zero-order valence-electron chi connectivity index (χ0n) is 10.6. The summed E-state index contributed by atoms with van der Waals surface area (Å²) < 4.78 is 0.723. The number of rotatable bonds is 6. The Kier molecular flexibility index (Phi) is 6.68. The maximum absolute atomic E-state index is 11.7. The molecule has 0 radical (unpaired) electrons. The molecule has 0 bridgehead atoms. The fourth-order valence-corrected chi connectivity index (χ4v) is 1.99. The summed E-state index contributed by atoms with van der Waals surface area (Å²) in [6.45, 7) is 5.02. The monoisotopic (exact) mass is 332 g/mol. The Balaban J connectivity index is 2.38. The quantitative estimate of drug-likeness (QED) is 0.777. The van der Waals surface area contributed by atoms with Gasteiger partial charge in [0, 0.05) is 12.5 Å². The molecule has 1 aromatic carbocycles. The lowest BCUT2D eigenvalue weighted by Crippen LogP contribution is -2.24. The largest absolute Gasteiger partial charge is 0.325 e. The van der Waals surface area contributed by atoms with Crippen molar-refractivity contribution >= 4 is 39.1 Å². The van der Waals surface area contributed by atoms with Gasteiger partial charge in [0.05, 0.1) is 15.2 Å². The summed E-state index contributed by atoms with van der Waals surface area (Å²) >= 11 is 9.30. The third-order valence-electron chi connectivity index (χ3n) is 2.36. The van der Waals surface area contributed by atoms with Crippen molar-refractivity contribution in [1.82, 2.24) is 5.32 Å². The van der Waals surface area contributed by atoms with Gasteiger partial charge in [-0.3, -0.25) is 4.79 Å². The van der Waals surface area contributed by atoms with E-state index in [4.69, 9.17) is 11.6 Å². The average molecular weight is 334 g/mol. The Morgan fingerprint density at radius 1 is 1.44 bits per heavy atom. The van der Waals surface area contributed by atoms with E-state index in [0.717, 1.165) is 17.4 Å². The van der Waals surface area contributed by atoms with Gasteiger partial charge >= 0.3 is 0 Å². The van der Waals surface area contributed by atoms with E-state index < -0.39 is 0 Å². The smallest absolute Gasteiger partial charge is 0.224 e. The molecule has 0 fully saturated rings. The van der Waals surface area contributed by atoms with Crippen LogP contribution in [-0.2, 0) is 4.79 Å². The van der Waals surface area contributed by atoms with E-state index in [9.17, 15) is 4.79 Å². The van der Waals surface area contributed by atoms with Crippen LogP contribution < -0.4 is 10.6 Å². The van der Waals surface area contributed by atoms with E-state index in [1.54, 1.807) is 6.07 Å². The second-order valence-electron chi connectivity index (χ2n) is 4.36. The summed E-state index contributed by atoms with van der Waals surface area (Å²) in [4.78, 5) is 11.7. The number of halogens is 2. The number of carbonyl (C=O) groups excluding carboxylic acids is 1. The minimum Gasteiger partial charge on any atom is -0.325 e. The van der Waals surface area contributed by atoms with Gasteiger partial charge in [-0.1, -0.05) is 31.5 Å². The van der Waals surface area contributed by atoms with Crippen LogP contribution >= 0.6 is 27.5 Å². The van der Waals surface area contributed by atoms with E-state index in [1.807, 2.05) is 12.1 Å². The summed E-state index contributed by atoms with van der Waals surface area (Å²) in [6.07, 6.45) is 1.32. The molecule has 18 heavy (non-hydrogen) atoms. The molecule has 0 saturated heterocycles. The molecule has 5 heteroatoms. The van der Waals surface area contributed by atoms with Gasteiger partial charge in [-0.05, 0) is 41.0 Å². The van der Waals surface area contributed by atoms with Gasteiger partial charge < -0.3 is 10.6 Å². The Bertz CT molecular complexity index is 410. The summed E-state index contributed by atoms with van der Waals surface area (Å²) in [7, 11) is 0. The van der Waals surface area contributed by atoms with Gasteiger partial charge in [-0.15, -0.1) is 0 Å². The van der Waals surface area contributed by atoms with Crippen molar-refractivity contribution in [2.24, 2.45) is 0 Å². The minimum absolute atomic E-state index is 0.00326.